The molecule has 0 aromatic carbocycles. The van der Waals surface area contributed by atoms with Gasteiger partial charge in [-0.05, 0) is 37.9 Å². The van der Waals surface area contributed by atoms with Crippen LogP contribution < -0.4 is 0 Å². The molecule has 1 aromatic heterocycles. The number of carboxylic acids is 1. The van der Waals surface area contributed by atoms with Crippen molar-refractivity contribution in [1.82, 2.24) is 4.90 Å². The first-order valence-corrected chi connectivity index (χ1v) is 7.94. The predicted octanol–water partition coefficient (Wildman–Crippen LogP) is 3.10. The third-order valence-corrected chi connectivity index (χ3v) is 5.12. The minimum absolute atomic E-state index is 0.491. The molecule has 0 amide bonds. The van der Waals surface area contributed by atoms with Gasteiger partial charge in [-0.25, -0.2) is 0 Å². The fraction of sp³-hybridized carbons (Fsp3) is 0.643. The number of hydrogen-bond donors (Lipinski definition) is 1. The molecule has 1 N–H and O–H groups in total. The Balaban J connectivity index is 2.03. The lowest BCUT2D eigenvalue weighted by molar-refractivity contribution is -0.154. The molecule has 1 aliphatic heterocycles. The minimum atomic E-state index is -0.705. The first-order valence-electron chi connectivity index (χ1n) is 6.75. The number of ether oxygens (including phenoxy) is 1. The van der Waals surface area contributed by atoms with E-state index in [2.05, 4.69) is 4.90 Å². The van der Waals surface area contributed by atoms with Gasteiger partial charge in [0.25, 0.3) is 0 Å². The molecule has 4 nitrogen and oxygen atoms in total. The van der Waals surface area contributed by atoms with Crippen molar-refractivity contribution in [3.8, 4) is 0 Å². The standard InChI is InChI=1S/C14H20ClNO3S/c1-19-8-6-14(13(17)18)5-2-7-16(10-14)9-11-3-4-12(15)20-11/h3-4H,2,5-10H2,1H3,(H,17,18)/t14-/m1/s1. The molecule has 2 heterocycles. The van der Waals surface area contributed by atoms with Gasteiger partial charge in [0.2, 0.25) is 0 Å². The Hall–Kier alpha value is -0.620. The van der Waals surface area contributed by atoms with Crippen LogP contribution in [-0.4, -0.2) is 42.8 Å². The molecular formula is C14H20ClNO3S. The summed E-state index contributed by atoms with van der Waals surface area (Å²) in [4.78, 5) is 15.1. The highest BCUT2D eigenvalue weighted by Gasteiger charge is 2.41. The van der Waals surface area contributed by atoms with Crippen LogP contribution in [0.15, 0.2) is 12.1 Å². The van der Waals surface area contributed by atoms with Crippen molar-refractivity contribution in [2.24, 2.45) is 5.41 Å². The zero-order valence-corrected chi connectivity index (χ0v) is 13.2. The lowest BCUT2D eigenvalue weighted by Crippen LogP contribution is -2.48. The molecule has 0 bridgehead atoms. The van der Waals surface area contributed by atoms with Crippen molar-refractivity contribution in [2.75, 3.05) is 26.8 Å². The topological polar surface area (TPSA) is 49.8 Å². The summed E-state index contributed by atoms with van der Waals surface area (Å²) in [6.45, 7) is 2.79. The van der Waals surface area contributed by atoms with Crippen LogP contribution >= 0.6 is 22.9 Å². The fourth-order valence-corrected chi connectivity index (χ4v) is 3.93. The molecule has 1 fully saturated rings. The van der Waals surface area contributed by atoms with E-state index in [9.17, 15) is 9.90 Å². The van der Waals surface area contributed by atoms with Gasteiger partial charge in [-0.1, -0.05) is 11.6 Å². The molecule has 112 valence electrons. The Labute approximate surface area is 128 Å². The molecule has 0 saturated carbocycles. The second kappa shape index (κ2) is 6.89. The second-order valence-electron chi connectivity index (χ2n) is 5.35. The lowest BCUT2D eigenvalue weighted by Gasteiger charge is -2.39. The fourth-order valence-electron chi connectivity index (χ4n) is 2.80. The van der Waals surface area contributed by atoms with Gasteiger partial charge in [0.15, 0.2) is 0 Å². The van der Waals surface area contributed by atoms with Gasteiger partial charge >= 0.3 is 5.97 Å². The van der Waals surface area contributed by atoms with E-state index in [1.54, 1.807) is 18.4 Å². The molecule has 6 heteroatoms. The first-order chi connectivity index (χ1) is 9.55. The van der Waals surface area contributed by atoms with Crippen LogP contribution in [0.4, 0.5) is 0 Å². The van der Waals surface area contributed by atoms with E-state index in [1.807, 2.05) is 12.1 Å². The van der Waals surface area contributed by atoms with Crippen LogP contribution in [0.5, 0.6) is 0 Å². The Kier molecular flexibility index (Phi) is 5.43. The zero-order chi connectivity index (χ0) is 14.6. The molecule has 0 unspecified atom stereocenters. The van der Waals surface area contributed by atoms with E-state index in [1.165, 1.54) is 4.88 Å². The number of hydrogen-bond acceptors (Lipinski definition) is 4. The smallest absolute Gasteiger partial charge is 0.311 e. The number of carbonyl (C=O) groups is 1. The lowest BCUT2D eigenvalue weighted by atomic mass is 9.77. The van der Waals surface area contributed by atoms with Gasteiger partial charge in [0.1, 0.15) is 0 Å². The van der Waals surface area contributed by atoms with Crippen LogP contribution in [0, 0.1) is 5.41 Å². The normalized spacial score (nSPS) is 23.9. The molecule has 1 aromatic rings. The number of thiophene rings is 1. The maximum Gasteiger partial charge on any atom is 0.311 e. The quantitative estimate of drug-likeness (QED) is 0.876. The monoisotopic (exact) mass is 317 g/mol. The van der Waals surface area contributed by atoms with Crippen LogP contribution in [0.2, 0.25) is 4.34 Å². The SMILES string of the molecule is COCC[C@]1(C(=O)O)CCCN(Cc2ccc(Cl)s2)C1. The average molecular weight is 318 g/mol. The maximum atomic E-state index is 11.7. The molecule has 0 spiro atoms. The van der Waals surface area contributed by atoms with E-state index in [0.717, 1.165) is 30.3 Å². The largest absolute Gasteiger partial charge is 0.481 e. The average Bonchev–Trinajstić information content (AvgIpc) is 2.82. The van der Waals surface area contributed by atoms with Crippen molar-refractivity contribution < 1.29 is 14.6 Å². The van der Waals surface area contributed by atoms with E-state index in [-0.39, 0.29) is 0 Å². The number of nitrogens with zero attached hydrogens (tertiary/aromatic N) is 1. The highest BCUT2D eigenvalue weighted by Crippen LogP contribution is 2.35. The summed E-state index contributed by atoms with van der Waals surface area (Å²) < 4.78 is 5.86. The van der Waals surface area contributed by atoms with Crippen LogP contribution in [0.1, 0.15) is 24.1 Å². The van der Waals surface area contributed by atoms with Crippen molar-refractivity contribution in [2.45, 2.75) is 25.8 Å². The molecule has 1 aliphatic rings. The number of likely N-dealkylation sites (tertiary alicyclic amines) is 1. The first kappa shape index (κ1) is 15.8. The Bertz CT molecular complexity index is 465. The van der Waals surface area contributed by atoms with E-state index in [0.29, 0.717) is 19.6 Å². The van der Waals surface area contributed by atoms with Crippen molar-refractivity contribution in [3.63, 3.8) is 0 Å². The van der Waals surface area contributed by atoms with Crippen LogP contribution in [0.3, 0.4) is 0 Å². The van der Waals surface area contributed by atoms with Gasteiger partial charge in [0, 0.05) is 31.7 Å². The minimum Gasteiger partial charge on any atom is -0.481 e. The predicted molar refractivity (Wildman–Crippen MR) is 80.4 cm³/mol. The van der Waals surface area contributed by atoms with Crippen molar-refractivity contribution >= 4 is 28.9 Å². The molecule has 2 rings (SSSR count). The highest BCUT2D eigenvalue weighted by molar-refractivity contribution is 7.16. The number of methoxy groups -OCH3 is 1. The zero-order valence-electron chi connectivity index (χ0n) is 11.6. The number of piperidine rings is 1. The summed E-state index contributed by atoms with van der Waals surface area (Å²) in [6, 6.07) is 3.90. The van der Waals surface area contributed by atoms with E-state index >= 15 is 0 Å². The second-order valence-corrected chi connectivity index (χ2v) is 7.15. The van der Waals surface area contributed by atoms with Crippen LogP contribution in [0.25, 0.3) is 0 Å². The molecule has 1 atom stereocenters. The van der Waals surface area contributed by atoms with E-state index in [4.69, 9.17) is 16.3 Å². The van der Waals surface area contributed by atoms with Gasteiger partial charge in [-0.3, -0.25) is 9.69 Å². The summed E-state index contributed by atoms with van der Waals surface area (Å²) in [6.07, 6.45) is 2.21. The third kappa shape index (κ3) is 3.73. The van der Waals surface area contributed by atoms with Gasteiger partial charge < -0.3 is 9.84 Å². The van der Waals surface area contributed by atoms with Gasteiger partial charge in [0.05, 0.1) is 9.75 Å². The van der Waals surface area contributed by atoms with Gasteiger partial charge in [-0.15, -0.1) is 11.3 Å². The molecule has 0 aliphatic carbocycles. The Morgan fingerprint density at radius 1 is 1.60 bits per heavy atom. The summed E-state index contributed by atoms with van der Waals surface area (Å²) >= 11 is 7.50. The maximum absolute atomic E-state index is 11.7. The number of rotatable bonds is 6. The number of halogens is 1. The highest BCUT2D eigenvalue weighted by atomic mass is 35.5. The summed E-state index contributed by atoms with van der Waals surface area (Å²) in [7, 11) is 1.61. The molecular weight excluding hydrogens is 298 g/mol. The summed E-state index contributed by atoms with van der Waals surface area (Å²) in [5, 5.41) is 9.60. The molecule has 0 radical (unpaired) electrons. The summed E-state index contributed by atoms with van der Waals surface area (Å²) in [5.41, 5.74) is -0.671. The molecule has 1 saturated heterocycles. The molecule has 20 heavy (non-hydrogen) atoms. The summed E-state index contributed by atoms with van der Waals surface area (Å²) in [5.74, 6) is -0.705. The number of aliphatic carboxylic acids is 1. The Morgan fingerprint density at radius 3 is 3.00 bits per heavy atom. The Morgan fingerprint density at radius 2 is 2.40 bits per heavy atom. The third-order valence-electron chi connectivity index (χ3n) is 3.90. The van der Waals surface area contributed by atoms with Crippen LogP contribution in [-0.2, 0) is 16.1 Å². The number of carboxylic acid groups (broad SMARTS) is 1. The van der Waals surface area contributed by atoms with Gasteiger partial charge in [-0.2, -0.15) is 0 Å². The van der Waals surface area contributed by atoms with Crippen molar-refractivity contribution in [1.29, 1.82) is 0 Å². The van der Waals surface area contributed by atoms with E-state index < -0.39 is 11.4 Å². The van der Waals surface area contributed by atoms with Crippen molar-refractivity contribution in [3.05, 3.63) is 21.3 Å².